The van der Waals surface area contributed by atoms with Crippen molar-refractivity contribution < 1.29 is 0 Å². The second-order valence-electron chi connectivity index (χ2n) is 3.08. The lowest BCUT2D eigenvalue weighted by Gasteiger charge is -2.10. The van der Waals surface area contributed by atoms with Crippen LogP contribution >= 0.6 is 0 Å². The van der Waals surface area contributed by atoms with Crippen molar-refractivity contribution in [1.29, 1.82) is 0 Å². The summed E-state index contributed by atoms with van der Waals surface area (Å²) >= 11 is 0. The van der Waals surface area contributed by atoms with Gasteiger partial charge in [-0.2, -0.15) is 5.10 Å². The zero-order valence-electron chi connectivity index (χ0n) is 8.13. The molecule has 0 saturated carbocycles. The van der Waals surface area contributed by atoms with Crippen LogP contribution in [0.15, 0.2) is 0 Å². The fourth-order valence-electron chi connectivity index (χ4n) is 1.08. The molecule has 0 aliphatic rings. The summed E-state index contributed by atoms with van der Waals surface area (Å²) in [6, 6.07) is 0.435. The van der Waals surface area contributed by atoms with E-state index in [1.807, 2.05) is 25.6 Å². The molecular weight excluding hydrogens is 152 g/mol. The van der Waals surface area contributed by atoms with E-state index in [1.54, 1.807) is 0 Å². The summed E-state index contributed by atoms with van der Waals surface area (Å²) in [6.07, 6.45) is 0. The summed E-state index contributed by atoms with van der Waals surface area (Å²) in [5, 5.41) is 7.42. The molecule has 1 unspecified atom stereocenters. The second kappa shape index (κ2) is 3.67. The highest BCUT2D eigenvalue weighted by Gasteiger charge is 2.05. The maximum absolute atomic E-state index is 4.26. The van der Waals surface area contributed by atoms with E-state index in [2.05, 4.69) is 22.3 Å². The van der Waals surface area contributed by atoms with Gasteiger partial charge in [0, 0.05) is 6.04 Å². The minimum atomic E-state index is 0.435. The Morgan fingerprint density at radius 2 is 2.17 bits per heavy atom. The number of hydrogen-bond acceptors (Lipinski definition) is 3. The smallest absolute Gasteiger partial charge is 0.147 e. The molecule has 12 heavy (non-hydrogen) atoms. The minimum absolute atomic E-state index is 0.435. The summed E-state index contributed by atoms with van der Waals surface area (Å²) in [7, 11) is 1.95. The number of hydrogen-bond donors (Lipinski definition) is 1. The largest absolute Gasteiger partial charge is 0.315 e. The van der Waals surface area contributed by atoms with Crippen LogP contribution in [-0.4, -0.2) is 27.9 Å². The van der Waals surface area contributed by atoms with Gasteiger partial charge in [0.25, 0.3) is 0 Å². The van der Waals surface area contributed by atoms with E-state index in [0.717, 1.165) is 18.2 Å². The molecule has 0 spiro atoms. The maximum Gasteiger partial charge on any atom is 0.147 e. The van der Waals surface area contributed by atoms with Crippen LogP contribution < -0.4 is 5.32 Å². The van der Waals surface area contributed by atoms with Gasteiger partial charge in [0.1, 0.15) is 11.6 Å². The predicted octanol–water partition coefficient (Wildman–Crippen LogP) is 0.503. The molecular formula is C8H16N4. The van der Waals surface area contributed by atoms with Crippen LogP contribution in [0.2, 0.25) is 0 Å². The van der Waals surface area contributed by atoms with Crippen molar-refractivity contribution in [3.05, 3.63) is 11.6 Å². The highest BCUT2D eigenvalue weighted by molar-refractivity contribution is 4.88. The van der Waals surface area contributed by atoms with Crippen LogP contribution in [0.3, 0.4) is 0 Å². The van der Waals surface area contributed by atoms with Crippen molar-refractivity contribution in [1.82, 2.24) is 20.1 Å². The Balaban J connectivity index is 2.68. The molecule has 4 heteroatoms. The van der Waals surface area contributed by atoms with E-state index in [4.69, 9.17) is 0 Å². The van der Waals surface area contributed by atoms with Gasteiger partial charge in [0.05, 0.1) is 6.54 Å². The van der Waals surface area contributed by atoms with Crippen molar-refractivity contribution in [3.8, 4) is 0 Å². The van der Waals surface area contributed by atoms with Crippen molar-refractivity contribution in [2.24, 2.45) is 0 Å². The Labute approximate surface area is 73.0 Å². The van der Waals surface area contributed by atoms with Gasteiger partial charge in [-0.25, -0.2) is 9.67 Å². The molecule has 1 aromatic rings. The van der Waals surface area contributed by atoms with Crippen LogP contribution in [0.1, 0.15) is 18.6 Å². The topological polar surface area (TPSA) is 42.7 Å². The Morgan fingerprint density at radius 3 is 2.58 bits per heavy atom. The van der Waals surface area contributed by atoms with Gasteiger partial charge >= 0.3 is 0 Å². The Hall–Kier alpha value is -0.900. The van der Waals surface area contributed by atoms with Gasteiger partial charge in [-0.15, -0.1) is 0 Å². The molecule has 1 aromatic heterocycles. The van der Waals surface area contributed by atoms with Gasteiger partial charge in [0.15, 0.2) is 0 Å². The van der Waals surface area contributed by atoms with E-state index in [1.165, 1.54) is 0 Å². The standard InChI is InChI=1S/C8H16N4/c1-6(9-4)5-12-8(3)10-7(2)11-12/h6,9H,5H2,1-4H3. The molecule has 1 rings (SSSR count). The molecule has 1 atom stereocenters. The Morgan fingerprint density at radius 1 is 1.50 bits per heavy atom. The quantitative estimate of drug-likeness (QED) is 0.714. The zero-order chi connectivity index (χ0) is 9.14. The number of aromatic nitrogens is 3. The summed E-state index contributed by atoms with van der Waals surface area (Å²) < 4.78 is 1.93. The van der Waals surface area contributed by atoms with Crippen LogP contribution in [0.4, 0.5) is 0 Å². The third-order valence-electron chi connectivity index (χ3n) is 1.90. The van der Waals surface area contributed by atoms with E-state index in [0.29, 0.717) is 6.04 Å². The van der Waals surface area contributed by atoms with Crippen LogP contribution in [0, 0.1) is 13.8 Å². The summed E-state index contributed by atoms with van der Waals surface area (Å²) in [6.45, 7) is 6.88. The van der Waals surface area contributed by atoms with Crippen molar-refractivity contribution in [3.63, 3.8) is 0 Å². The highest BCUT2D eigenvalue weighted by Crippen LogP contribution is 1.97. The fourth-order valence-corrected chi connectivity index (χ4v) is 1.08. The third kappa shape index (κ3) is 2.04. The Bertz CT molecular complexity index is 254. The molecule has 1 N–H and O–H groups in total. The number of nitrogens with zero attached hydrogens (tertiary/aromatic N) is 3. The molecule has 0 radical (unpaired) electrons. The Kier molecular flexibility index (Phi) is 2.81. The zero-order valence-corrected chi connectivity index (χ0v) is 8.13. The van der Waals surface area contributed by atoms with Crippen LogP contribution in [0.5, 0.6) is 0 Å². The molecule has 0 aromatic carbocycles. The number of aryl methyl sites for hydroxylation is 2. The lowest BCUT2D eigenvalue weighted by atomic mass is 10.3. The van der Waals surface area contributed by atoms with E-state index in [9.17, 15) is 0 Å². The average molecular weight is 168 g/mol. The number of likely N-dealkylation sites (N-methyl/N-ethyl adjacent to an activating group) is 1. The van der Waals surface area contributed by atoms with Crippen molar-refractivity contribution in [2.75, 3.05) is 7.05 Å². The normalized spacial score (nSPS) is 13.3. The minimum Gasteiger partial charge on any atom is -0.315 e. The van der Waals surface area contributed by atoms with E-state index >= 15 is 0 Å². The van der Waals surface area contributed by atoms with Crippen molar-refractivity contribution in [2.45, 2.75) is 33.4 Å². The van der Waals surface area contributed by atoms with Gasteiger partial charge in [0.2, 0.25) is 0 Å². The van der Waals surface area contributed by atoms with Gasteiger partial charge < -0.3 is 5.32 Å². The SMILES string of the molecule is CNC(C)Cn1nc(C)nc1C. The molecule has 0 bridgehead atoms. The highest BCUT2D eigenvalue weighted by atomic mass is 15.3. The number of nitrogens with one attached hydrogen (secondary N) is 1. The van der Waals surface area contributed by atoms with Crippen LogP contribution in [0.25, 0.3) is 0 Å². The first-order valence-electron chi connectivity index (χ1n) is 4.18. The van der Waals surface area contributed by atoms with Gasteiger partial charge in [-0.05, 0) is 27.8 Å². The number of rotatable bonds is 3. The molecule has 0 amide bonds. The molecule has 68 valence electrons. The first kappa shape index (κ1) is 9.19. The third-order valence-corrected chi connectivity index (χ3v) is 1.90. The van der Waals surface area contributed by atoms with Crippen molar-refractivity contribution >= 4 is 0 Å². The molecule has 0 saturated heterocycles. The summed E-state index contributed by atoms with van der Waals surface area (Å²) in [5.41, 5.74) is 0. The molecule has 0 fully saturated rings. The molecule has 0 aliphatic heterocycles. The maximum atomic E-state index is 4.26. The van der Waals surface area contributed by atoms with E-state index in [-0.39, 0.29) is 0 Å². The van der Waals surface area contributed by atoms with E-state index < -0.39 is 0 Å². The second-order valence-corrected chi connectivity index (χ2v) is 3.08. The van der Waals surface area contributed by atoms with Crippen LogP contribution in [-0.2, 0) is 6.54 Å². The summed E-state index contributed by atoms with van der Waals surface area (Å²) in [5.74, 6) is 1.82. The first-order chi connectivity index (χ1) is 5.63. The lowest BCUT2D eigenvalue weighted by molar-refractivity contribution is 0.471. The monoisotopic (exact) mass is 168 g/mol. The average Bonchev–Trinajstić information content (AvgIpc) is 2.30. The van der Waals surface area contributed by atoms with Gasteiger partial charge in [-0.1, -0.05) is 0 Å². The molecule has 4 nitrogen and oxygen atoms in total. The van der Waals surface area contributed by atoms with Gasteiger partial charge in [-0.3, -0.25) is 0 Å². The first-order valence-corrected chi connectivity index (χ1v) is 4.18. The molecule has 0 aliphatic carbocycles. The summed E-state index contributed by atoms with van der Waals surface area (Å²) in [4.78, 5) is 4.22. The fraction of sp³-hybridized carbons (Fsp3) is 0.750. The molecule has 1 heterocycles. The predicted molar refractivity (Wildman–Crippen MR) is 48.0 cm³/mol. The lowest BCUT2D eigenvalue weighted by Crippen LogP contribution is -2.27.